The Balaban J connectivity index is 2.12. The topological polar surface area (TPSA) is 62.5 Å². The fraction of sp³-hybridized carbons (Fsp3) is 0.200. The van der Waals surface area contributed by atoms with Gasteiger partial charge in [-0.15, -0.1) is 0 Å². The number of ketones is 1. The number of aromatic hydroxyl groups is 1. The van der Waals surface area contributed by atoms with Gasteiger partial charge in [-0.1, -0.05) is 18.2 Å². The Morgan fingerprint density at radius 2 is 1.72 bits per heavy atom. The van der Waals surface area contributed by atoms with E-state index in [1.165, 1.54) is 6.07 Å². The Morgan fingerprint density at radius 1 is 1.00 bits per heavy atom. The van der Waals surface area contributed by atoms with Gasteiger partial charge in [0.1, 0.15) is 5.75 Å². The van der Waals surface area contributed by atoms with Gasteiger partial charge in [-0.25, -0.2) is 0 Å². The van der Waals surface area contributed by atoms with Crippen LogP contribution < -0.4 is 5.56 Å². The highest BCUT2D eigenvalue weighted by atomic mass is 16.3. The molecular formula is C20H18N2O3. The lowest BCUT2D eigenvalue weighted by Gasteiger charge is -2.17. The number of nitrogens with zero attached hydrogens (tertiary/aromatic N) is 2. The monoisotopic (exact) mass is 334 g/mol. The van der Waals surface area contributed by atoms with E-state index in [0.29, 0.717) is 46.2 Å². The number of carbonyl (C=O) groups excluding carboxylic acids is 1. The van der Waals surface area contributed by atoms with E-state index in [2.05, 4.69) is 0 Å². The summed E-state index contributed by atoms with van der Waals surface area (Å²) in [5, 5.41) is 11.1. The molecule has 25 heavy (non-hydrogen) atoms. The van der Waals surface area contributed by atoms with Crippen LogP contribution in [0.4, 0.5) is 0 Å². The molecule has 5 heteroatoms. The smallest absolute Gasteiger partial charge is 0.258 e. The van der Waals surface area contributed by atoms with Crippen LogP contribution in [0.15, 0.2) is 47.3 Å². The Morgan fingerprint density at radius 3 is 2.44 bits per heavy atom. The van der Waals surface area contributed by atoms with Crippen molar-refractivity contribution in [1.29, 1.82) is 0 Å². The van der Waals surface area contributed by atoms with Crippen LogP contribution >= 0.6 is 0 Å². The number of hydrogen-bond donors (Lipinski definition) is 1. The fourth-order valence-corrected chi connectivity index (χ4v) is 3.48. The van der Waals surface area contributed by atoms with E-state index in [1.807, 2.05) is 37.2 Å². The number of phenols is 1. The van der Waals surface area contributed by atoms with Crippen molar-refractivity contribution in [1.82, 2.24) is 9.47 Å². The number of phenolic OH excluding ortho intramolecular Hbond substituents is 1. The highest BCUT2D eigenvalue weighted by Gasteiger charge is 2.32. The molecule has 0 saturated carbocycles. The number of aromatic nitrogens is 1. The predicted octanol–water partition coefficient (Wildman–Crippen LogP) is 2.48. The third kappa shape index (κ3) is 2.27. The number of hydrogen-bond acceptors (Lipinski definition) is 4. The first kappa shape index (κ1) is 15.6. The Hall–Kier alpha value is -2.92. The molecule has 0 fully saturated rings. The number of likely N-dealkylation sites (N-methyl/N-ethyl adjacent to an activating group) is 1. The van der Waals surface area contributed by atoms with Crippen LogP contribution in [0.2, 0.25) is 0 Å². The maximum Gasteiger partial charge on any atom is 0.258 e. The fourth-order valence-electron chi connectivity index (χ4n) is 3.48. The van der Waals surface area contributed by atoms with E-state index in [9.17, 15) is 14.7 Å². The van der Waals surface area contributed by atoms with Crippen molar-refractivity contribution >= 4 is 16.6 Å². The Labute approximate surface area is 144 Å². The molecule has 0 atom stereocenters. The molecule has 4 rings (SSSR count). The van der Waals surface area contributed by atoms with Crippen LogP contribution in [0.5, 0.6) is 5.75 Å². The van der Waals surface area contributed by atoms with Crippen molar-refractivity contribution in [2.24, 2.45) is 0 Å². The third-order valence-electron chi connectivity index (χ3n) is 4.68. The lowest BCUT2D eigenvalue weighted by Crippen LogP contribution is -2.28. The summed E-state index contributed by atoms with van der Waals surface area (Å²) < 4.78 is 1.67. The minimum atomic E-state index is -0.111. The van der Waals surface area contributed by atoms with Gasteiger partial charge in [0, 0.05) is 35.0 Å². The molecule has 1 aliphatic carbocycles. The largest absolute Gasteiger partial charge is 0.508 e. The number of carbonyl (C=O) groups is 1. The molecule has 1 aliphatic rings. The molecule has 126 valence electrons. The summed E-state index contributed by atoms with van der Waals surface area (Å²) in [6, 6.07) is 11.9. The number of benzene rings is 2. The van der Waals surface area contributed by atoms with Crippen LogP contribution in [0.1, 0.15) is 15.9 Å². The first-order valence-corrected chi connectivity index (χ1v) is 8.17. The van der Waals surface area contributed by atoms with Gasteiger partial charge in [-0.3, -0.25) is 9.59 Å². The first-order valence-electron chi connectivity index (χ1n) is 8.17. The molecule has 3 aromatic rings. The van der Waals surface area contributed by atoms with E-state index in [-0.39, 0.29) is 17.1 Å². The third-order valence-corrected chi connectivity index (χ3v) is 4.68. The summed E-state index contributed by atoms with van der Waals surface area (Å²) in [6.45, 7) is 1.15. The molecule has 5 nitrogen and oxygen atoms in total. The van der Waals surface area contributed by atoms with Gasteiger partial charge in [0.05, 0.1) is 11.3 Å². The lowest BCUT2D eigenvalue weighted by atomic mass is 10.0. The normalized spacial score (nSPS) is 12.7. The van der Waals surface area contributed by atoms with Crippen molar-refractivity contribution in [3.8, 4) is 17.0 Å². The second-order valence-corrected chi connectivity index (χ2v) is 6.59. The van der Waals surface area contributed by atoms with Crippen LogP contribution in [0.25, 0.3) is 22.0 Å². The van der Waals surface area contributed by atoms with Gasteiger partial charge in [-0.2, -0.15) is 0 Å². The van der Waals surface area contributed by atoms with Crippen molar-refractivity contribution < 1.29 is 9.90 Å². The molecule has 0 bridgehead atoms. The summed E-state index contributed by atoms with van der Waals surface area (Å²) in [4.78, 5) is 28.1. The van der Waals surface area contributed by atoms with E-state index >= 15 is 0 Å². The molecule has 0 saturated heterocycles. The molecule has 0 aliphatic heterocycles. The summed E-state index contributed by atoms with van der Waals surface area (Å²) in [6.07, 6.45) is 0. The molecule has 0 amide bonds. The number of pyridine rings is 1. The van der Waals surface area contributed by atoms with E-state index in [4.69, 9.17) is 0 Å². The van der Waals surface area contributed by atoms with E-state index in [1.54, 1.807) is 22.8 Å². The number of fused-ring (bicyclic) bond motifs is 5. The average molecular weight is 334 g/mol. The zero-order chi connectivity index (χ0) is 17.7. The molecule has 0 radical (unpaired) electrons. The zero-order valence-corrected chi connectivity index (χ0v) is 14.1. The van der Waals surface area contributed by atoms with Gasteiger partial charge in [0.2, 0.25) is 0 Å². The quantitative estimate of drug-likeness (QED) is 0.625. The molecule has 2 aromatic carbocycles. The molecule has 1 heterocycles. The van der Waals surface area contributed by atoms with Gasteiger partial charge in [0.15, 0.2) is 5.78 Å². The van der Waals surface area contributed by atoms with Crippen molar-refractivity contribution in [2.45, 2.75) is 6.54 Å². The Kier molecular flexibility index (Phi) is 3.47. The molecular weight excluding hydrogens is 316 g/mol. The molecule has 0 unspecified atom stereocenters. The molecule has 1 aromatic heterocycles. The van der Waals surface area contributed by atoms with Crippen molar-refractivity contribution in [3.63, 3.8) is 0 Å². The average Bonchev–Trinajstić information content (AvgIpc) is 2.87. The van der Waals surface area contributed by atoms with Crippen molar-refractivity contribution in [2.75, 3.05) is 20.6 Å². The van der Waals surface area contributed by atoms with Gasteiger partial charge in [-0.05, 0) is 38.4 Å². The van der Waals surface area contributed by atoms with Crippen LogP contribution in [0, 0.1) is 0 Å². The van der Waals surface area contributed by atoms with E-state index < -0.39 is 0 Å². The number of rotatable bonds is 3. The van der Waals surface area contributed by atoms with Crippen LogP contribution in [0.3, 0.4) is 0 Å². The van der Waals surface area contributed by atoms with Crippen LogP contribution in [-0.2, 0) is 6.54 Å². The summed E-state index contributed by atoms with van der Waals surface area (Å²) in [5.41, 5.74) is 2.21. The maximum absolute atomic E-state index is 13.1. The van der Waals surface area contributed by atoms with E-state index in [0.717, 1.165) is 0 Å². The summed E-state index contributed by atoms with van der Waals surface area (Å²) in [5.74, 6) is -0.0148. The minimum absolute atomic E-state index is 0.0826. The van der Waals surface area contributed by atoms with Gasteiger partial charge in [0.25, 0.3) is 5.56 Å². The highest BCUT2D eigenvalue weighted by Crippen LogP contribution is 2.40. The second-order valence-electron chi connectivity index (χ2n) is 6.59. The summed E-state index contributed by atoms with van der Waals surface area (Å²) >= 11 is 0. The standard InChI is InChI=1S/C20H18N2O3/c1-21(2)9-10-22-18-16-11-12(23)7-8-14(16)19(24)17(18)13-5-3-4-6-15(13)20(22)25/h3-8,11,23H,9-10H2,1-2H3. The van der Waals surface area contributed by atoms with Crippen molar-refractivity contribution in [3.05, 3.63) is 63.9 Å². The first-order chi connectivity index (χ1) is 12.0. The zero-order valence-electron chi connectivity index (χ0n) is 14.1. The van der Waals surface area contributed by atoms with Gasteiger partial charge < -0.3 is 14.6 Å². The summed E-state index contributed by atoms with van der Waals surface area (Å²) in [7, 11) is 3.88. The minimum Gasteiger partial charge on any atom is -0.508 e. The Bertz CT molecular complexity index is 1080. The molecule has 0 spiro atoms. The predicted molar refractivity (Wildman–Crippen MR) is 97.3 cm³/mol. The maximum atomic E-state index is 13.1. The lowest BCUT2D eigenvalue weighted by molar-refractivity contribution is 0.104. The second kappa shape index (κ2) is 5.57. The van der Waals surface area contributed by atoms with Crippen LogP contribution in [-0.4, -0.2) is 41.0 Å². The highest BCUT2D eigenvalue weighted by molar-refractivity contribution is 6.26. The van der Waals surface area contributed by atoms with Gasteiger partial charge >= 0.3 is 0 Å². The SMILES string of the molecule is CN(C)CCn1c2c(c3ccccc3c1=O)C(=O)c1ccc(O)cc1-2. The molecule has 1 N–H and O–H groups in total.